The van der Waals surface area contributed by atoms with Crippen molar-refractivity contribution in [3.05, 3.63) is 66.0 Å². The second-order valence-corrected chi connectivity index (χ2v) is 11.4. The number of hydrogen-bond acceptors (Lipinski definition) is 1. The van der Waals surface area contributed by atoms with Crippen LogP contribution in [0.15, 0.2) is 43.0 Å². The molecule has 0 aliphatic heterocycles. The van der Waals surface area contributed by atoms with Crippen LogP contribution in [-0.4, -0.2) is 12.8 Å². The molecule has 0 aromatic heterocycles. The van der Waals surface area contributed by atoms with Gasteiger partial charge in [-0.25, -0.2) is 17.6 Å². The average molecular weight is 531 g/mol. The molecule has 4 rings (SSSR count). The van der Waals surface area contributed by atoms with Gasteiger partial charge in [0, 0.05) is 12.0 Å². The Morgan fingerprint density at radius 3 is 2.24 bits per heavy atom. The molecule has 1 atom stereocenters. The number of hydrogen-bond donors (Lipinski definition) is 0. The first kappa shape index (κ1) is 28.7. The molecule has 0 heterocycles. The summed E-state index contributed by atoms with van der Waals surface area (Å²) in [6, 6.07) is 6.93. The largest absolute Gasteiger partial charge is 0.490 e. The quantitative estimate of drug-likeness (QED) is 0.207. The Morgan fingerprint density at radius 2 is 1.61 bits per heavy atom. The van der Waals surface area contributed by atoms with Crippen molar-refractivity contribution in [1.82, 2.24) is 0 Å². The summed E-state index contributed by atoms with van der Waals surface area (Å²) in [7, 11) is 0. The Kier molecular flexibility index (Phi) is 10.3. The molecular formula is C33H42F4O. The Bertz CT molecular complexity index is 1050. The molecule has 0 bridgehead atoms. The zero-order valence-corrected chi connectivity index (χ0v) is 22.7. The van der Waals surface area contributed by atoms with Crippen molar-refractivity contribution in [1.29, 1.82) is 0 Å². The van der Waals surface area contributed by atoms with Crippen LogP contribution in [0, 0.1) is 41.1 Å². The monoisotopic (exact) mass is 530 g/mol. The molecule has 1 unspecified atom stereocenters. The van der Waals surface area contributed by atoms with Gasteiger partial charge >= 0.3 is 0 Å². The van der Waals surface area contributed by atoms with Gasteiger partial charge < -0.3 is 4.74 Å². The lowest BCUT2D eigenvalue weighted by molar-refractivity contribution is 0.0951. The van der Waals surface area contributed by atoms with Crippen LogP contribution in [-0.2, 0) is 6.42 Å². The van der Waals surface area contributed by atoms with Gasteiger partial charge in [0.25, 0.3) is 0 Å². The van der Waals surface area contributed by atoms with Crippen molar-refractivity contribution in [2.75, 3.05) is 6.61 Å². The Hall–Kier alpha value is -2.30. The van der Waals surface area contributed by atoms with Crippen molar-refractivity contribution in [3.8, 4) is 16.9 Å². The normalized spacial score (nSPS) is 24.7. The first-order valence-electron chi connectivity index (χ1n) is 14.6. The van der Waals surface area contributed by atoms with Gasteiger partial charge in [-0.15, -0.1) is 6.58 Å². The molecule has 2 aromatic carbocycles. The van der Waals surface area contributed by atoms with Crippen LogP contribution in [0.5, 0.6) is 5.75 Å². The maximum absolute atomic E-state index is 15.0. The molecule has 2 fully saturated rings. The maximum atomic E-state index is 15.0. The van der Waals surface area contributed by atoms with Gasteiger partial charge in [0.1, 0.15) is 6.17 Å². The molecule has 0 N–H and O–H groups in total. The van der Waals surface area contributed by atoms with Gasteiger partial charge in [-0.3, -0.25) is 0 Å². The van der Waals surface area contributed by atoms with Crippen molar-refractivity contribution < 1.29 is 22.3 Å². The number of allylic oxidation sites excluding steroid dienone is 1. The summed E-state index contributed by atoms with van der Waals surface area (Å²) in [6.07, 6.45) is 13.2. The van der Waals surface area contributed by atoms with Gasteiger partial charge in [-0.05, 0) is 91.9 Å². The fourth-order valence-electron chi connectivity index (χ4n) is 6.76. The Morgan fingerprint density at radius 1 is 0.921 bits per heavy atom. The lowest BCUT2D eigenvalue weighted by Crippen LogP contribution is -2.29. The van der Waals surface area contributed by atoms with Crippen LogP contribution < -0.4 is 4.74 Å². The zero-order valence-electron chi connectivity index (χ0n) is 22.7. The van der Waals surface area contributed by atoms with E-state index in [1.165, 1.54) is 68.9 Å². The fourth-order valence-corrected chi connectivity index (χ4v) is 6.76. The summed E-state index contributed by atoms with van der Waals surface area (Å²) in [5.74, 6) is -0.105. The average Bonchev–Trinajstić information content (AvgIpc) is 2.93. The number of alkyl halides is 1. The third kappa shape index (κ3) is 7.01. The van der Waals surface area contributed by atoms with E-state index < -0.39 is 23.6 Å². The van der Waals surface area contributed by atoms with E-state index in [2.05, 4.69) is 13.5 Å². The molecule has 2 aliphatic carbocycles. The second kappa shape index (κ2) is 13.7. The summed E-state index contributed by atoms with van der Waals surface area (Å²) in [4.78, 5) is 0. The molecule has 0 amide bonds. The highest BCUT2D eigenvalue weighted by molar-refractivity contribution is 5.65. The third-order valence-electron chi connectivity index (χ3n) is 9.00. The van der Waals surface area contributed by atoms with Crippen molar-refractivity contribution in [2.24, 2.45) is 23.7 Å². The molecule has 0 saturated heterocycles. The minimum atomic E-state index is -1.02. The van der Waals surface area contributed by atoms with Crippen molar-refractivity contribution in [3.63, 3.8) is 0 Å². The van der Waals surface area contributed by atoms with Crippen LogP contribution in [0.2, 0.25) is 0 Å². The molecule has 208 valence electrons. The maximum Gasteiger partial charge on any atom is 0.166 e. The van der Waals surface area contributed by atoms with E-state index >= 15 is 0 Å². The summed E-state index contributed by atoms with van der Waals surface area (Å²) in [5, 5.41) is 0. The highest BCUT2D eigenvalue weighted by Crippen LogP contribution is 2.43. The summed E-state index contributed by atoms with van der Waals surface area (Å²) in [5.41, 5.74) is 0.398. The van der Waals surface area contributed by atoms with Crippen LogP contribution in [0.25, 0.3) is 11.1 Å². The topological polar surface area (TPSA) is 9.23 Å². The molecule has 0 radical (unpaired) electrons. The smallest absolute Gasteiger partial charge is 0.166 e. The molecule has 0 spiro atoms. The molecule has 2 aliphatic rings. The number of benzene rings is 2. The van der Waals surface area contributed by atoms with Crippen LogP contribution in [0.3, 0.4) is 0 Å². The van der Waals surface area contributed by atoms with E-state index in [0.29, 0.717) is 0 Å². The fraction of sp³-hybridized carbons (Fsp3) is 0.576. The van der Waals surface area contributed by atoms with E-state index in [1.54, 1.807) is 0 Å². The molecular weight excluding hydrogens is 488 g/mol. The second-order valence-electron chi connectivity index (χ2n) is 11.4. The van der Waals surface area contributed by atoms with E-state index in [0.717, 1.165) is 49.5 Å². The predicted octanol–water partition coefficient (Wildman–Crippen LogP) is 10.0. The van der Waals surface area contributed by atoms with E-state index in [1.807, 2.05) is 0 Å². The van der Waals surface area contributed by atoms with Crippen molar-refractivity contribution >= 4 is 0 Å². The molecule has 2 saturated carbocycles. The minimum absolute atomic E-state index is 0.00695. The standard InChI is InChI=1S/C33H42F4O/c1-3-5-22-7-9-23(10-8-22)24-11-13-25(14-12-24)29(34)19-20-38-31-18-16-27(21-30(31)35)28-17-15-26(6-4-2)32(36)33(28)37/h4,15-18,21-25,29H,2-3,5-14,19-20H2,1H3. The Labute approximate surface area is 225 Å². The predicted molar refractivity (Wildman–Crippen MR) is 146 cm³/mol. The van der Waals surface area contributed by atoms with E-state index in [9.17, 15) is 17.6 Å². The number of rotatable bonds is 11. The van der Waals surface area contributed by atoms with Gasteiger partial charge in [0.05, 0.1) is 6.61 Å². The number of halogens is 4. The number of ether oxygens (including phenoxy) is 1. The zero-order chi connectivity index (χ0) is 27.1. The van der Waals surface area contributed by atoms with Crippen LogP contribution in [0.1, 0.15) is 83.1 Å². The van der Waals surface area contributed by atoms with Gasteiger partial charge in [-0.2, -0.15) is 0 Å². The first-order valence-corrected chi connectivity index (χ1v) is 14.6. The minimum Gasteiger partial charge on any atom is -0.490 e. The lowest BCUT2D eigenvalue weighted by Gasteiger charge is -2.38. The SMILES string of the molecule is C=CCc1ccc(-c2ccc(OCCC(F)C3CCC(C4CCC(CCC)CC4)CC3)c(F)c2)c(F)c1F. The van der Waals surface area contributed by atoms with Gasteiger partial charge in [-0.1, -0.05) is 56.9 Å². The highest BCUT2D eigenvalue weighted by atomic mass is 19.2. The molecule has 1 nitrogen and oxygen atoms in total. The highest BCUT2D eigenvalue weighted by Gasteiger charge is 2.33. The van der Waals surface area contributed by atoms with E-state index in [4.69, 9.17) is 4.74 Å². The summed E-state index contributed by atoms with van der Waals surface area (Å²) in [6.45, 7) is 5.90. The lowest BCUT2D eigenvalue weighted by atomic mass is 9.68. The van der Waals surface area contributed by atoms with Gasteiger partial charge in [0.2, 0.25) is 0 Å². The Balaban J connectivity index is 1.23. The summed E-state index contributed by atoms with van der Waals surface area (Å²) < 4.78 is 64.1. The van der Waals surface area contributed by atoms with Crippen molar-refractivity contribution in [2.45, 2.75) is 90.1 Å². The molecule has 5 heteroatoms. The first-order chi connectivity index (χ1) is 18.4. The van der Waals surface area contributed by atoms with Crippen LogP contribution in [0.4, 0.5) is 17.6 Å². The molecule has 2 aromatic rings. The summed E-state index contributed by atoms with van der Waals surface area (Å²) >= 11 is 0. The van der Waals surface area contributed by atoms with Crippen LogP contribution >= 0.6 is 0 Å². The third-order valence-corrected chi connectivity index (χ3v) is 9.00. The van der Waals surface area contributed by atoms with E-state index in [-0.39, 0.29) is 47.8 Å². The molecule has 38 heavy (non-hydrogen) atoms. The van der Waals surface area contributed by atoms with Gasteiger partial charge in [0.15, 0.2) is 23.2 Å².